The number of rotatable bonds is 4. The van der Waals surface area contributed by atoms with Gasteiger partial charge in [-0.3, -0.25) is 0 Å². The standard InChI is InChI=1S/C13H16ClN5O2S/c14-10-5-11(13(15)17-7-10)22(20,21)18-6-9-1-2-12-16-3-4-19(12)8-9/h3-5,7,9,18H,1-2,6,8H2,(H2,15,17). The molecule has 0 saturated carbocycles. The summed E-state index contributed by atoms with van der Waals surface area (Å²) in [5.41, 5.74) is 5.63. The van der Waals surface area contributed by atoms with E-state index >= 15 is 0 Å². The summed E-state index contributed by atoms with van der Waals surface area (Å²) in [7, 11) is -3.72. The molecule has 2 aromatic heterocycles. The van der Waals surface area contributed by atoms with Crippen molar-refractivity contribution in [2.75, 3.05) is 12.3 Å². The first-order valence-electron chi connectivity index (χ1n) is 6.86. The van der Waals surface area contributed by atoms with E-state index in [4.69, 9.17) is 17.3 Å². The number of sulfonamides is 1. The Balaban J connectivity index is 1.69. The fourth-order valence-electron chi connectivity index (χ4n) is 2.56. The first-order valence-corrected chi connectivity index (χ1v) is 8.72. The van der Waals surface area contributed by atoms with Gasteiger partial charge < -0.3 is 10.3 Å². The van der Waals surface area contributed by atoms with Gasteiger partial charge in [0.1, 0.15) is 16.5 Å². The van der Waals surface area contributed by atoms with Crippen molar-refractivity contribution in [1.82, 2.24) is 19.3 Å². The molecule has 3 rings (SSSR count). The van der Waals surface area contributed by atoms with Crippen LogP contribution in [-0.4, -0.2) is 29.5 Å². The lowest BCUT2D eigenvalue weighted by molar-refractivity contribution is 0.363. The largest absolute Gasteiger partial charge is 0.383 e. The zero-order chi connectivity index (χ0) is 15.7. The van der Waals surface area contributed by atoms with E-state index in [9.17, 15) is 8.42 Å². The van der Waals surface area contributed by atoms with Gasteiger partial charge in [0, 0.05) is 38.1 Å². The van der Waals surface area contributed by atoms with Crippen LogP contribution in [0.25, 0.3) is 0 Å². The maximum absolute atomic E-state index is 12.3. The molecule has 7 nitrogen and oxygen atoms in total. The minimum atomic E-state index is -3.72. The molecule has 0 saturated heterocycles. The molecule has 1 aliphatic heterocycles. The number of nitrogens with two attached hydrogens (primary N) is 1. The Hall–Kier alpha value is -1.64. The second kappa shape index (κ2) is 5.86. The van der Waals surface area contributed by atoms with Crippen LogP contribution in [0.3, 0.4) is 0 Å². The zero-order valence-corrected chi connectivity index (χ0v) is 13.3. The van der Waals surface area contributed by atoms with Crippen LogP contribution < -0.4 is 10.5 Å². The third-order valence-corrected chi connectivity index (χ3v) is 5.39. The zero-order valence-electron chi connectivity index (χ0n) is 11.7. The number of nitrogen functional groups attached to an aromatic ring is 1. The molecule has 9 heteroatoms. The van der Waals surface area contributed by atoms with Crippen molar-refractivity contribution in [3.63, 3.8) is 0 Å². The third kappa shape index (κ3) is 3.08. The fourth-order valence-corrected chi connectivity index (χ4v) is 4.00. The quantitative estimate of drug-likeness (QED) is 0.865. The summed E-state index contributed by atoms with van der Waals surface area (Å²) in [6.07, 6.45) is 6.73. The molecule has 3 heterocycles. The molecule has 1 aliphatic rings. The first kappa shape index (κ1) is 15.3. The smallest absolute Gasteiger partial charge is 0.244 e. The predicted octanol–water partition coefficient (Wildman–Crippen LogP) is 1.05. The summed E-state index contributed by atoms with van der Waals surface area (Å²) in [5, 5.41) is 0.232. The summed E-state index contributed by atoms with van der Waals surface area (Å²) >= 11 is 5.79. The topological polar surface area (TPSA) is 103 Å². The fraction of sp³-hybridized carbons (Fsp3) is 0.385. The molecule has 0 fully saturated rings. The van der Waals surface area contributed by atoms with E-state index in [0.29, 0.717) is 6.54 Å². The second-order valence-corrected chi connectivity index (χ2v) is 7.46. The van der Waals surface area contributed by atoms with Crippen LogP contribution in [0, 0.1) is 5.92 Å². The molecule has 0 aromatic carbocycles. The Morgan fingerprint density at radius 1 is 1.45 bits per heavy atom. The minimum Gasteiger partial charge on any atom is -0.383 e. The monoisotopic (exact) mass is 341 g/mol. The Morgan fingerprint density at radius 2 is 2.27 bits per heavy atom. The SMILES string of the molecule is Nc1ncc(Cl)cc1S(=O)(=O)NCC1CCc2nccn2C1. The molecule has 2 aromatic rings. The van der Waals surface area contributed by atoms with Crippen molar-refractivity contribution in [2.24, 2.45) is 5.92 Å². The Bertz CT molecular complexity index is 789. The van der Waals surface area contributed by atoms with Gasteiger partial charge in [0.25, 0.3) is 0 Å². The van der Waals surface area contributed by atoms with Crippen LogP contribution in [-0.2, 0) is 23.0 Å². The average Bonchev–Trinajstić information content (AvgIpc) is 2.95. The maximum Gasteiger partial charge on any atom is 0.244 e. The van der Waals surface area contributed by atoms with E-state index in [-0.39, 0.29) is 21.7 Å². The molecular formula is C13H16ClN5O2S. The van der Waals surface area contributed by atoms with Crippen molar-refractivity contribution >= 4 is 27.4 Å². The summed E-state index contributed by atoms with van der Waals surface area (Å²) in [6.45, 7) is 1.09. The molecule has 1 atom stereocenters. The van der Waals surface area contributed by atoms with Gasteiger partial charge >= 0.3 is 0 Å². The number of aromatic nitrogens is 3. The number of nitrogens with one attached hydrogen (secondary N) is 1. The van der Waals surface area contributed by atoms with E-state index in [2.05, 4.69) is 19.3 Å². The summed E-state index contributed by atoms with van der Waals surface area (Å²) in [4.78, 5) is 7.95. The van der Waals surface area contributed by atoms with Gasteiger partial charge in [-0.1, -0.05) is 11.6 Å². The van der Waals surface area contributed by atoms with Crippen molar-refractivity contribution in [2.45, 2.75) is 24.3 Å². The van der Waals surface area contributed by atoms with Gasteiger partial charge in [-0.2, -0.15) is 0 Å². The highest BCUT2D eigenvalue weighted by Gasteiger charge is 2.23. The molecule has 22 heavy (non-hydrogen) atoms. The molecular weight excluding hydrogens is 326 g/mol. The number of aryl methyl sites for hydroxylation is 1. The van der Waals surface area contributed by atoms with Crippen molar-refractivity contribution in [3.05, 3.63) is 35.5 Å². The van der Waals surface area contributed by atoms with E-state index in [1.165, 1.54) is 12.3 Å². The van der Waals surface area contributed by atoms with Crippen molar-refractivity contribution in [1.29, 1.82) is 0 Å². The Morgan fingerprint density at radius 3 is 3.09 bits per heavy atom. The normalized spacial score (nSPS) is 18.1. The minimum absolute atomic E-state index is 0.0579. The summed E-state index contributed by atoms with van der Waals surface area (Å²) in [6, 6.07) is 1.31. The lowest BCUT2D eigenvalue weighted by Crippen LogP contribution is -2.34. The lowest BCUT2D eigenvalue weighted by atomic mass is 10.00. The van der Waals surface area contributed by atoms with E-state index in [1.807, 2.05) is 6.20 Å². The molecule has 3 N–H and O–H groups in total. The molecule has 0 radical (unpaired) electrons. The predicted molar refractivity (Wildman–Crippen MR) is 82.9 cm³/mol. The Kier molecular flexibility index (Phi) is 4.07. The Labute approximate surface area is 133 Å². The molecule has 0 aliphatic carbocycles. The number of hydrogen-bond donors (Lipinski definition) is 2. The molecule has 0 amide bonds. The highest BCUT2D eigenvalue weighted by molar-refractivity contribution is 7.89. The maximum atomic E-state index is 12.3. The van der Waals surface area contributed by atoms with Gasteiger partial charge in [-0.25, -0.2) is 23.1 Å². The van der Waals surface area contributed by atoms with Crippen LogP contribution in [0.15, 0.2) is 29.6 Å². The van der Waals surface area contributed by atoms with Crippen LogP contribution in [0.4, 0.5) is 5.82 Å². The van der Waals surface area contributed by atoms with Crippen LogP contribution in [0.5, 0.6) is 0 Å². The summed E-state index contributed by atoms with van der Waals surface area (Å²) in [5.74, 6) is 1.20. The van der Waals surface area contributed by atoms with Gasteiger partial charge in [0.05, 0.1) is 5.02 Å². The third-order valence-electron chi connectivity index (χ3n) is 3.73. The number of imidazole rings is 1. The van der Waals surface area contributed by atoms with Crippen LogP contribution >= 0.6 is 11.6 Å². The number of anilines is 1. The van der Waals surface area contributed by atoms with Gasteiger partial charge in [0.15, 0.2) is 0 Å². The lowest BCUT2D eigenvalue weighted by Gasteiger charge is -2.24. The van der Waals surface area contributed by atoms with E-state index in [1.54, 1.807) is 6.20 Å². The van der Waals surface area contributed by atoms with Gasteiger partial charge in [0.2, 0.25) is 10.0 Å². The highest BCUT2D eigenvalue weighted by atomic mass is 35.5. The van der Waals surface area contributed by atoms with Crippen LogP contribution in [0.1, 0.15) is 12.2 Å². The van der Waals surface area contributed by atoms with Gasteiger partial charge in [-0.15, -0.1) is 0 Å². The van der Waals surface area contributed by atoms with Crippen molar-refractivity contribution in [3.8, 4) is 0 Å². The highest BCUT2D eigenvalue weighted by Crippen LogP contribution is 2.22. The number of nitrogens with zero attached hydrogens (tertiary/aromatic N) is 3. The number of pyridine rings is 1. The average molecular weight is 342 g/mol. The van der Waals surface area contributed by atoms with Gasteiger partial charge in [-0.05, 0) is 18.4 Å². The number of halogens is 1. The molecule has 1 unspecified atom stereocenters. The summed E-state index contributed by atoms with van der Waals surface area (Å²) < 4.78 is 29.3. The second-order valence-electron chi connectivity index (χ2n) is 5.29. The van der Waals surface area contributed by atoms with E-state index in [0.717, 1.165) is 25.2 Å². The van der Waals surface area contributed by atoms with E-state index < -0.39 is 10.0 Å². The van der Waals surface area contributed by atoms with Crippen molar-refractivity contribution < 1.29 is 8.42 Å². The molecule has 118 valence electrons. The van der Waals surface area contributed by atoms with Crippen LogP contribution in [0.2, 0.25) is 5.02 Å². The number of fused-ring (bicyclic) bond motifs is 1. The molecule has 0 spiro atoms. The molecule has 0 bridgehead atoms. The first-order chi connectivity index (χ1) is 10.5. The number of hydrogen-bond acceptors (Lipinski definition) is 5.